The third-order valence-corrected chi connectivity index (χ3v) is 6.18. The standard InChI is InChI=1S/C20H26F3N3O/c1-27-13-19(6-8-24-12-19)18(14-3-2-4-14)26-10-15(11-26)17-9-16(5-7-25-17)20(21,22)23/h5,7,9,15,24H,2-4,6,8,10-13H2,1H3. The predicted molar refractivity (Wildman–Crippen MR) is 96.2 cm³/mol. The van der Waals surface area contributed by atoms with Crippen LogP contribution in [0.4, 0.5) is 13.2 Å². The van der Waals surface area contributed by atoms with E-state index in [0.29, 0.717) is 12.3 Å². The van der Waals surface area contributed by atoms with Gasteiger partial charge in [-0.3, -0.25) is 4.98 Å². The zero-order valence-corrected chi connectivity index (χ0v) is 15.6. The summed E-state index contributed by atoms with van der Waals surface area (Å²) in [7, 11) is 1.74. The molecule has 3 aliphatic rings. The van der Waals surface area contributed by atoms with Gasteiger partial charge >= 0.3 is 6.18 Å². The Balaban J connectivity index is 1.53. The Morgan fingerprint density at radius 1 is 1.37 bits per heavy atom. The molecule has 0 bridgehead atoms. The van der Waals surface area contributed by atoms with Crippen LogP contribution in [-0.2, 0) is 10.9 Å². The number of alkyl halides is 3. The first-order chi connectivity index (χ1) is 12.9. The molecule has 27 heavy (non-hydrogen) atoms. The fourth-order valence-corrected chi connectivity index (χ4v) is 4.63. The van der Waals surface area contributed by atoms with Crippen LogP contribution in [0.3, 0.4) is 0 Å². The molecule has 0 radical (unpaired) electrons. The average Bonchev–Trinajstić information content (AvgIpc) is 3.00. The summed E-state index contributed by atoms with van der Waals surface area (Å²) < 4.78 is 44.5. The highest BCUT2D eigenvalue weighted by atomic mass is 19.4. The molecule has 0 spiro atoms. The normalized spacial score (nSPS) is 26.1. The van der Waals surface area contributed by atoms with Crippen LogP contribution in [0.25, 0.3) is 0 Å². The molecule has 1 aliphatic carbocycles. The predicted octanol–water partition coefficient (Wildman–Crippen LogP) is 3.56. The SMILES string of the molecule is COCC1(C(=C2CCC2)N2CC(c3cc(C(F)(F)F)ccn3)C2)CCNC1. The second-order valence-corrected chi connectivity index (χ2v) is 8.01. The molecule has 1 unspecified atom stereocenters. The maximum absolute atomic E-state index is 13.0. The van der Waals surface area contributed by atoms with Crippen LogP contribution in [-0.4, -0.2) is 49.8 Å². The molecule has 1 aromatic rings. The summed E-state index contributed by atoms with van der Waals surface area (Å²) in [6, 6.07) is 2.25. The molecule has 3 fully saturated rings. The van der Waals surface area contributed by atoms with Crippen LogP contribution < -0.4 is 5.32 Å². The van der Waals surface area contributed by atoms with Gasteiger partial charge in [0.1, 0.15) is 0 Å². The Bertz CT molecular complexity index is 713. The van der Waals surface area contributed by atoms with Crippen LogP contribution in [0, 0.1) is 5.41 Å². The minimum absolute atomic E-state index is 0.00325. The molecule has 2 saturated heterocycles. The highest BCUT2D eigenvalue weighted by Gasteiger charge is 2.46. The van der Waals surface area contributed by atoms with E-state index >= 15 is 0 Å². The number of likely N-dealkylation sites (tertiary alicyclic amines) is 1. The summed E-state index contributed by atoms with van der Waals surface area (Å²) in [4.78, 5) is 6.59. The lowest BCUT2D eigenvalue weighted by molar-refractivity contribution is -0.137. The van der Waals surface area contributed by atoms with Crippen LogP contribution in [0.5, 0.6) is 0 Å². The van der Waals surface area contributed by atoms with Crippen molar-refractivity contribution in [3.8, 4) is 0 Å². The smallest absolute Gasteiger partial charge is 0.384 e. The summed E-state index contributed by atoms with van der Waals surface area (Å²) in [5, 5.41) is 3.47. The van der Waals surface area contributed by atoms with Gasteiger partial charge in [0.05, 0.1) is 12.2 Å². The van der Waals surface area contributed by atoms with Crippen molar-refractivity contribution >= 4 is 0 Å². The van der Waals surface area contributed by atoms with Crippen molar-refractivity contribution in [3.05, 3.63) is 40.9 Å². The first-order valence-corrected chi connectivity index (χ1v) is 9.63. The van der Waals surface area contributed by atoms with Gasteiger partial charge < -0.3 is 15.0 Å². The van der Waals surface area contributed by atoms with Crippen LogP contribution in [0.15, 0.2) is 29.6 Å². The lowest BCUT2D eigenvalue weighted by Gasteiger charge is -2.50. The maximum atomic E-state index is 13.0. The lowest BCUT2D eigenvalue weighted by Crippen LogP contribution is -2.51. The molecule has 1 N–H and O–H groups in total. The summed E-state index contributed by atoms with van der Waals surface area (Å²) >= 11 is 0. The second-order valence-electron chi connectivity index (χ2n) is 8.01. The zero-order chi connectivity index (χ0) is 19.1. The summed E-state index contributed by atoms with van der Waals surface area (Å²) in [6.07, 6.45) is 1.48. The van der Waals surface area contributed by atoms with E-state index in [9.17, 15) is 13.2 Å². The van der Waals surface area contributed by atoms with E-state index in [4.69, 9.17) is 4.74 Å². The molecule has 148 valence electrons. The number of methoxy groups -OCH3 is 1. The molecule has 4 rings (SSSR count). The molecule has 7 heteroatoms. The van der Waals surface area contributed by atoms with Crippen molar-refractivity contribution < 1.29 is 17.9 Å². The number of hydrogen-bond donors (Lipinski definition) is 1. The summed E-state index contributed by atoms with van der Waals surface area (Å²) in [5.74, 6) is 0.0527. The van der Waals surface area contributed by atoms with Gasteiger partial charge in [-0.15, -0.1) is 0 Å². The van der Waals surface area contributed by atoms with Crippen molar-refractivity contribution in [1.29, 1.82) is 0 Å². The Labute approximate surface area is 157 Å². The largest absolute Gasteiger partial charge is 0.416 e. The van der Waals surface area contributed by atoms with Crippen LogP contribution in [0.1, 0.15) is 42.9 Å². The second kappa shape index (κ2) is 7.09. The zero-order valence-electron chi connectivity index (χ0n) is 15.6. The number of halogens is 3. The van der Waals surface area contributed by atoms with Crippen molar-refractivity contribution in [2.75, 3.05) is 39.9 Å². The monoisotopic (exact) mass is 381 g/mol. The minimum atomic E-state index is -4.32. The van der Waals surface area contributed by atoms with Gasteiger partial charge in [-0.2, -0.15) is 13.2 Å². The number of hydrogen-bond acceptors (Lipinski definition) is 4. The van der Waals surface area contributed by atoms with E-state index in [1.807, 2.05) is 0 Å². The molecule has 4 nitrogen and oxygen atoms in total. The van der Waals surface area contributed by atoms with E-state index in [0.717, 1.165) is 51.5 Å². The van der Waals surface area contributed by atoms with E-state index in [1.165, 1.54) is 30.0 Å². The molecule has 0 amide bonds. The number of rotatable bonds is 5. The van der Waals surface area contributed by atoms with E-state index < -0.39 is 11.7 Å². The van der Waals surface area contributed by atoms with Crippen LogP contribution in [0.2, 0.25) is 0 Å². The van der Waals surface area contributed by atoms with Gasteiger partial charge in [0, 0.05) is 55.7 Å². The van der Waals surface area contributed by atoms with E-state index in [2.05, 4.69) is 15.2 Å². The lowest BCUT2D eigenvalue weighted by atomic mass is 9.74. The van der Waals surface area contributed by atoms with Crippen molar-refractivity contribution in [1.82, 2.24) is 15.2 Å². The summed E-state index contributed by atoms with van der Waals surface area (Å²) in [6.45, 7) is 4.04. The molecule has 1 atom stereocenters. The van der Waals surface area contributed by atoms with E-state index in [-0.39, 0.29) is 11.3 Å². The first-order valence-electron chi connectivity index (χ1n) is 9.63. The third kappa shape index (κ3) is 3.47. The number of allylic oxidation sites excluding steroid dienone is 1. The first kappa shape index (κ1) is 18.7. The summed E-state index contributed by atoms with van der Waals surface area (Å²) in [5.41, 5.74) is 2.83. The molecule has 3 heterocycles. The van der Waals surface area contributed by atoms with Crippen molar-refractivity contribution in [3.63, 3.8) is 0 Å². The van der Waals surface area contributed by atoms with Gasteiger partial charge in [0.15, 0.2) is 0 Å². The molecule has 1 aromatic heterocycles. The quantitative estimate of drug-likeness (QED) is 0.846. The fraction of sp³-hybridized carbons (Fsp3) is 0.650. The fourth-order valence-electron chi connectivity index (χ4n) is 4.63. The average molecular weight is 381 g/mol. The highest BCUT2D eigenvalue weighted by Crippen LogP contribution is 2.47. The van der Waals surface area contributed by atoms with Gasteiger partial charge in [0.2, 0.25) is 0 Å². The Morgan fingerprint density at radius 3 is 2.70 bits per heavy atom. The van der Waals surface area contributed by atoms with Gasteiger partial charge in [0.25, 0.3) is 0 Å². The molecule has 2 aliphatic heterocycles. The topological polar surface area (TPSA) is 37.4 Å². The Hall–Kier alpha value is -1.60. The number of pyridine rings is 1. The molecule has 1 saturated carbocycles. The van der Waals surface area contributed by atoms with Gasteiger partial charge in [-0.05, 0) is 44.4 Å². The van der Waals surface area contributed by atoms with Gasteiger partial charge in [-0.25, -0.2) is 0 Å². The Morgan fingerprint density at radius 2 is 2.15 bits per heavy atom. The van der Waals surface area contributed by atoms with E-state index in [1.54, 1.807) is 7.11 Å². The van der Waals surface area contributed by atoms with Crippen LogP contribution >= 0.6 is 0 Å². The Kier molecular flexibility index (Phi) is 4.93. The molecule has 0 aromatic carbocycles. The third-order valence-electron chi connectivity index (χ3n) is 6.18. The highest BCUT2D eigenvalue weighted by molar-refractivity contribution is 5.32. The minimum Gasteiger partial charge on any atom is -0.384 e. The van der Waals surface area contributed by atoms with Crippen molar-refractivity contribution in [2.24, 2.45) is 5.41 Å². The molecular weight excluding hydrogens is 355 g/mol. The number of aromatic nitrogens is 1. The molecular formula is C20H26F3N3O. The number of nitrogens with zero attached hydrogens (tertiary/aromatic N) is 2. The van der Waals surface area contributed by atoms with Gasteiger partial charge in [-0.1, -0.05) is 5.57 Å². The number of ether oxygens (including phenoxy) is 1. The van der Waals surface area contributed by atoms with Crippen molar-refractivity contribution in [2.45, 2.75) is 37.8 Å². The number of nitrogens with one attached hydrogen (secondary N) is 1. The maximum Gasteiger partial charge on any atom is 0.416 e.